The van der Waals surface area contributed by atoms with Crippen molar-refractivity contribution in [3.05, 3.63) is 48.2 Å². The third-order valence-electron chi connectivity index (χ3n) is 2.33. The van der Waals surface area contributed by atoms with E-state index in [1.807, 2.05) is 37.3 Å². The lowest BCUT2D eigenvalue weighted by Gasteiger charge is -2.14. The monoisotopic (exact) mass is 230 g/mol. The molecule has 0 aliphatic heterocycles. The summed E-state index contributed by atoms with van der Waals surface area (Å²) in [7, 11) is 0. The van der Waals surface area contributed by atoms with Crippen molar-refractivity contribution in [2.75, 3.05) is 5.43 Å². The van der Waals surface area contributed by atoms with Gasteiger partial charge in [-0.15, -0.1) is 0 Å². The van der Waals surface area contributed by atoms with Crippen molar-refractivity contribution >= 4 is 5.95 Å². The molecule has 0 aliphatic carbocycles. The average molecular weight is 230 g/mol. The Hall–Kier alpha value is -2.14. The molecule has 0 bridgehead atoms. The van der Waals surface area contributed by atoms with Crippen LogP contribution in [0.25, 0.3) is 0 Å². The van der Waals surface area contributed by atoms with E-state index in [1.165, 1.54) is 0 Å². The number of hydrogen-bond acceptors (Lipinski definition) is 5. The highest BCUT2D eigenvalue weighted by atomic mass is 16.5. The number of anilines is 1. The zero-order valence-electron chi connectivity index (χ0n) is 9.50. The SMILES string of the molecule is CC(Oc1ccnc(NN)n1)c1ccccc1. The van der Waals surface area contributed by atoms with E-state index in [9.17, 15) is 0 Å². The Morgan fingerprint density at radius 3 is 2.71 bits per heavy atom. The number of rotatable bonds is 4. The van der Waals surface area contributed by atoms with Gasteiger partial charge in [0.05, 0.1) is 0 Å². The summed E-state index contributed by atoms with van der Waals surface area (Å²) in [6.07, 6.45) is 1.52. The molecular weight excluding hydrogens is 216 g/mol. The number of aromatic nitrogens is 2. The lowest BCUT2D eigenvalue weighted by molar-refractivity contribution is 0.217. The molecule has 0 aliphatic rings. The summed E-state index contributed by atoms with van der Waals surface area (Å²) in [5, 5.41) is 0. The minimum absolute atomic E-state index is 0.0725. The Bertz CT molecular complexity index is 475. The molecule has 2 rings (SSSR count). The molecule has 2 aromatic rings. The first-order chi connectivity index (χ1) is 8.29. The molecule has 88 valence electrons. The van der Waals surface area contributed by atoms with E-state index in [0.717, 1.165) is 5.56 Å². The largest absolute Gasteiger partial charge is 0.470 e. The van der Waals surface area contributed by atoms with Gasteiger partial charge in [-0.1, -0.05) is 30.3 Å². The molecule has 5 heteroatoms. The maximum Gasteiger partial charge on any atom is 0.240 e. The standard InChI is InChI=1S/C12H14N4O/c1-9(10-5-3-2-4-6-10)17-11-7-8-14-12(15-11)16-13/h2-9H,13H2,1H3,(H,14,15,16). The summed E-state index contributed by atoms with van der Waals surface area (Å²) in [4.78, 5) is 8.00. The molecule has 1 aromatic heterocycles. The van der Waals surface area contributed by atoms with Crippen molar-refractivity contribution in [2.45, 2.75) is 13.0 Å². The van der Waals surface area contributed by atoms with E-state index in [1.54, 1.807) is 12.3 Å². The van der Waals surface area contributed by atoms with Crippen LogP contribution in [0.4, 0.5) is 5.95 Å². The molecular formula is C12H14N4O. The molecule has 0 fully saturated rings. The van der Waals surface area contributed by atoms with Gasteiger partial charge in [-0.3, -0.25) is 5.43 Å². The zero-order valence-corrected chi connectivity index (χ0v) is 9.50. The number of nitrogen functional groups attached to an aromatic ring is 1. The van der Waals surface area contributed by atoms with Crippen LogP contribution in [-0.2, 0) is 0 Å². The van der Waals surface area contributed by atoms with E-state index < -0.39 is 0 Å². The lowest BCUT2D eigenvalue weighted by atomic mass is 10.1. The average Bonchev–Trinajstić information content (AvgIpc) is 2.40. The van der Waals surface area contributed by atoms with Crippen LogP contribution in [0, 0.1) is 0 Å². The van der Waals surface area contributed by atoms with Crippen molar-refractivity contribution in [1.82, 2.24) is 9.97 Å². The maximum absolute atomic E-state index is 5.70. The van der Waals surface area contributed by atoms with E-state index in [0.29, 0.717) is 11.8 Å². The second-order valence-corrected chi connectivity index (χ2v) is 3.53. The first-order valence-electron chi connectivity index (χ1n) is 5.31. The van der Waals surface area contributed by atoms with Gasteiger partial charge in [0, 0.05) is 12.3 Å². The lowest BCUT2D eigenvalue weighted by Crippen LogP contribution is -2.11. The van der Waals surface area contributed by atoms with Gasteiger partial charge in [0.15, 0.2) is 0 Å². The highest BCUT2D eigenvalue weighted by Crippen LogP contribution is 2.19. The molecule has 1 aromatic carbocycles. The number of nitrogens with one attached hydrogen (secondary N) is 1. The van der Waals surface area contributed by atoms with Crippen LogP contribution in [0.3, 0.4) is 0 Å². The summed E-state index contributed by atoms with van der Waals surface area (Å²) in [5.74, 6) is 6.06. The first-order valence-corrected chi connectivity index (χ1v) is 5.31. The van der Waals surface area contributed by atoms with Gasteiger partial charge in [0.2, 0.25) is 11.8 Å². The van der Waals surface area contributed by atoms with Crippen LogP contribution in [0.5, 0.6) is 5.88 Å². The van der Waals surface area contributed by atoms with Crippen molar-refractivity contribution < 1.29 is 4.74 Å². The molecule has 1 atom stereocenters. The topological polar surface area (TPSA) is 73.1 Å². The quantitative estimate of drug-likeness (QED) is 0.620. The van der Waals surface area contributed by atoms with Crippen LogP contribution < -0.4 is 16.0 Å². The number of benzene rings is 1. The molecule has 0 amide bonds. The Kier molecular flexibility index (Phi) is 3.52. The van der Waals surface area contributed by atoms with Gasteiger partial charge >= 0.3 is 0 Å². The third kappa shape index (κ3) is 2.92. The van der Waals surface area contributed by atoms with Crippen molar-refractivity contribution in [3.63, 3.8) is 0 Å². The number of nitrogens with two attached hydrogens (primary N) is 1. The second kappa shape index (κ2) is 5.27. The Morgan fingerprint density at radius 2 is 2.00 bits per heavy atom. The molecule has 0 saturated carbocycles. The van der Waals surface area contributed by atoms with E-state index in [2.05, 4.69) is 15.4 Å². The van der Waals surface area contributed by atoms with E-state index in [-0.39, 0.29) is 6.10 Å². The zero-order chi connectivity index (χ0) is 12.1. The molecule has 17 heavy (non-hydrogen) atoms. The van der Waals surface area contributed by atoms with Gasteiger partial charge in [0.1, 0.15) is 6.10 Å². The van der Waals surface area contributed by atoms with E-state index in [4.69, 9.17) is 10.6 Å². The van der Waals surface area contributed by atoms with Gasteiger partial charge in [-0.05, 0) is 12.5 Å². The fraction of sp³-hybridized carbons (Fsp3) is 0.167. The molecule has 1 heterocycles. The van der Waals surface area contributed by atoms with Gasteiger partial charge in [0.25, 0.3) is 0 Å². The predicted molar refractivity (Wildman–Crippen MR) is 65.3 cm³/mol. The highest BCUT2D eigenvalue weighted by molar-refractivity contribution is 5.26. The van der Waals surface area contributed by atoms with Crippen molar-refractivity contribution in [2.24, 2.45) is 5.84 Å². The maximum atomic E-state index is 5.70. The Morgan fingerprint density at radius 1 is 1.24 bits per heavy atom. The van der Waals surface area contributed by atoms with Crippen LogP contribution >= 0.6 is 0 Å². The smallest absolute Gasteiger partial charge is 0.240 e. The highest BCUT2D eigenvalue weighted by Gasteiger charge is 2.07. The minimum atomic E-state index is -0.0725. The molecule has 0 radical (unpaired) electrons. The minimum Gasteiger partial charge on any atom is -0.470 e. The fourth-order valence-electron chi connectivity index (χ4n) is 1.45. The number of ether oxygens (including phenoxy) is 1. The van der Waals surface area contributed by atoms with Gasteiger partial charge in [-0.2, -0.15) is 4.98 Å². The van der Waals surface area contributed by atoms with Crippen molar-refractivity contribution in [3.8, 4) is 5.88 Å². The van der Waals surface area contributed by atoms with Gasteiger partial charge < -0.3 is 4.74 Å². The fourth-order valence-corrected chi connectivity index (χ4v) is 1.45. The Balaban J connectivity index is 2.10. The van der Waals surface area contributed by atoms with Crippen molar-refractivity contribution in [1.29, 1.82) is 0 Å². The van der Waals surface area contributed by atoms with E-state index >= 15 is 0 Å². The molecule has 0 spiro atoms. The summed E-state index contributed by atoms with van der Waals surface area (Å²) < 4.78 is 5.70. The normalized spacial score (nSPS) is 11.9. The molecule has 0 saturated heterocycles. The molecule has 5 nitrogen and oxygen atoms in total. The molecule has 3 N–H and O–H groups in total. The first kappa shape index (κ1) is 11.3. The summed E-state index contributed by atoms with van der Waals surface area (Å²) in [6.45, 7) is 1.97. The summed E-state index contributed by atoms with van der Waals surface area (Å²) in [6, 6.07) is 11.6. The van der Waals surface area contributed by atoms with Crippen LogP contribution in [0.15, 0.2) is 42.6 Å². The number of nitrogens with zero attached hydrogens (tertiary/aromatic N) is 2. The van der Waals surface area contributed by atoms with Gasteiger partial charge in [-0.25, -0.2) is 10.8 Å². The summed E-state index contributed by atoms with van der Waals surface area (Å²) in [5.41, 5.74) is 3.47. The third-order valence-corrected chi connectivity index (χ3v) is 2.33. The van der Waals surface area contributed by atoms with Crippen LogP contribution in [-0.4, -0.2) is 9.97 Å². The second-order valence-electron chi connectivity index (χ2n) is 3.53. The predicted octanol–water partition coefficient (Wildman–Crippen LogP) is 1.90. The van der Waals surface area contributed by atoms with Crippen LogP contribution in [0.2, 0.25) is 0 Å². The number of hydrogen-bond donors (Lipinski definition) is 2. The Labute approximate surface area is 99.6 Å². The summed E-state index contributed by atoms with van der Waals surface area (Å²) >= 11 is 0. The number of hydrazine groups is 1. The molecule has 1 unspecified atom stereocenters. The van der Waals surface area contributed by atoms with Crippen LogP contribution in [0.1, 0.15) is 18.6 Å².